The molecule has 0 radical (unpaired) electrons. The molecule has 0 spiro atoms. The van der Waals surface area contributed by atoms with Crippen molar-refractivity contribution < 1.29 is 4.39 Å². The lowest BCUT2D eigenvalue weighted by Crippen LogP contribution is -2.14. The molecule has 0 aromatic heterocycles. The first-order chi connectivity index (χ1) is 8.58. The Morgan fingerprint density at radius 2 is 1.94 bits per heavy atom. The van der Waals surface area contributed by atoms with Gasteiger partial charge in [0.2, 0.25) is 0 Å². The topological polar surface area (TPSA) is 38.0 Å². The first kappa shape index (κ1) is 12.8. The Labute approximate surface area is 115 Å². The van der Waals surface area contributed by atoms with Gasteiger partial charge in [-0.05, 0) is 30.3 Å². The minimum absolute atomic E-state index is 0.0117. The van der Waals surface area contributed by atoms with Crippen LogP contribution < -0.4 is 11.1 Å². The van der Waals surface area contributed by atoms with E-state index >= 15 is 0 Å². The van der Waals surface area contributed by atoms with Crippen molar-refractivity contribution in [2.45, 2.75) is 0 Å². The molecule has 0 aliphatic heterocycles. The first-order valence-electron chi connectivity index (χ1n) is 5.19. The van der Waals surface area contributed by atoms with E-state index < -0.39 is 5.82 Å². The van der Waals surface area contributed by atoms with E-state index in [0.717, 1.165) is 5.69 Å². The Bertz CT molecular complexity index is 601. The molecule has 0 aliphatic rings. The highest BCUT2D eigenvalue weighted by Gasteiger charge is 2.11. The standard InChI is InChI=1S/C13H10ClFN2S/c14-8-3-1-4-9(7-8)17-11-6-2-5-10(15)12(11)13(16)18/h1-7,17H,(H2,16,18). The smallest absolute Gasteiger partial charge is 0.135 e. The quantitative estimate of drug-likeness (QED) is 0.839. The summed E-state index contributed by atoms with van der Waals surface area (Å²) in [6.45, 7) is 0. The van der Waals surface area contributed by atoms with Crippen molar-refractivity contribution in [3.8, 4) is 0 Å². The molecule has 0 bridgehead atoms. The normalized spacial score (nSPS) is 10.1. The number of nitrogens with one attached hydrogen (secondary N) is 1. The number of thiocarbonyl (C=S) groups is 1. The highest BCUT2D eigenvalue weighted by molar-refractivity contribution is 7.80. The van der Waals surface area contributed by atoms with Crippen LogP contribution in [0.3, 0.4) is 0 Å². The minimum Gasteiger partial charge on any atom is -0.389 e. The zero-order chi connectivity index (χ0) is 13.1. The predicted octanol–water partition coefficient (Wildman–Crippen LogP) is 3.86. The van der Waals surface area contributed by atoms with Crippen molar-refractivity contribution in [3.63, 3.8) is 0 Å². The predicted molar refractivity (Wildman–Crippen MR) is 77.0 cm³/mol. The third-order valence-corrected chi connectivity index (χ3v) is 2.80. The summed E-state index contributed by atoms with van der Waals surface area (Å²) in [7, 11) is 0. The van der Waals surface area contributed by atoms with Crippen LogP contribution in [0.15, 0.2) is 42.5 Å². The third kappa shape index (κ3) is 2.78. The lowest BCUT2D eigenvalue weighted by molar-refractivity contribution is 0.626. The van der Waals surface area contributed by atoms with Crippen molar-refractivity contribution in [1.82, 2.24) is 0 Å². The summed E-state index contributed by atoms with van der Waals surface area (Å²) in [4.78, 5) is 0.0117. The summed E-state index contributed by atoms with van der Waals surface area (Å²) < 4.78 is 13.6. The molecule has 92 valence electrons. The van der Waals surface area contributed by atoms with Crippen LogP contribution in [0.1, 0.15) is 5.56 Å². The van der Waals surface area contributed by atoms with Crippen LogP contribution in [0.4, 0.5) is 15.8 Å². The number of nitrogens with two attached hydrogens (primary N) is 1. The Hall–Kier alpha value is -1.65. The van der Waals surface area contributed by atoms with Gasteiger partial charge in [-0.1, -0.05) is 36.0 Å². The largest absolute Gasteiger partial charge is 0.389 e. The summed E-state index contributed by atoms with van der Waals surface area (Å²) in [6.07, 6.45) is 0. The van der Waals surface area contributed by atoms with Gasteiger partial charge in [-0.3, -0.25) is 0 Å². The fourth-order valence-corrected chi connectivity index (χ4v) is 2.00. The van der Waals surface area contributed by atoms with Gasteiger partial charge in [0.25, 0.3) is 0 Å². The van der Waals surface area contributed by atoms with Crippen LogP contribution in [0.5, 0.6) is 0 Å². The maximum absolute atomic E-state index is 13.6. The van der Waals surface area contributed by atoms with E-state index in [-0.39, 0.29) is 10.6 Å². The molecule has 18 heavy (non-hydrogen) atoms. The molecule has 0 saturated heterocycles. The number of hydrogen-bond acceptors (Lipinski definition) is 2. The number of anilines is 2. The zero-order valence-corrected chi connectivity index (χ0v) is 10.9. The van der Waals surface area contributed by atoms with Crippen molar-refractivity contribution in [2.24, 2.45) is 5.73 Å². The first-order valence-corrected chi connectivity index (χ1v) is 5.97. The van der Waals surface area contributed by atoms with Crippen molar-refractivity contribution >= 4 is 40.2 Å². The van der Waals surface area contributed by atoms with Gasteiger partial charge in [-0.15, -0.1) is 0 Å². The molecule has 2 nitrogen and oxygen atoms in total. The second-order valence-corrected chi connectivity index (χ2v) is 4.54. The van der Waals surface area contributed by atoms with Gasteiger partial charge in [-0.2, -0.15) is 0 Å². The van der Waals surface area contributed by atoms with Crippen LogP contribution in [0, 0.1) is 5.82 Å². The highest BCUT2D eigenvalue weighted by Crippen LogP contribution is 2.24. The molecule has 0 heterocycles. The third-order valence-electron chi connectivity index (χ3n) is 2.36. The summed E-state index contributed by atoms with van der Waals surface area (Å²) >= 11 is 10.7. The van der Waals surface area contributed by atoms with E-state index in [4.69, 9.17) is 29.6 Å². The Kier molecular flexibility index (Phi) is 3.79. The van der Waals surface area contributed by atoms with Gasteiger partial charge in [0.15, 0.2) is 0 Å². The number of hydrogen-bond donors (Lipinski definition) is 2. The van der Waals surface area contributed by atoms with E-state index in [1.54, 1.807) is 30.3 Å². The molecule has 0 saturated carbocycles. The van der Waals surface area contributed by atoms with Crippen molar-refractivity contribution in [1.29, 1.82) is 0 Å². The molecule has 0 amide bonds. The lowest BCUT2D eigenvalue weighted by atomic mass is 10.1. The van der Waals surface area contributed by atoms with Crippen LogP contribution >= 0.6 is 23.8 Å². The molecule has 0 atom stereocenters. The summed E-state index contributed by atoms with van der Waals surface area (Å²) in [6, 6.07) is 11.7. The molecule has 2 aromatic rings. The molecular formula is C13H10ClFN2S. The minimum atomic E-state index is -0.450. The van der Waals surface area contributed by atoms with Gasteiger partial charge in [0, 0.05) is 10.7 Å². The van der Waals surface area contributed by atoms with Gasteiger partial charge >= 0.3 is 0 Å². The Balaban J connectivity index is 2.40. The molecule has 3 N–H and O–H groups in total. The average molecular weight is 281 g/mol. The van der Waals surface area contributed by atoms with Crippen LogP contribution in [0.25, 0.3) is 0 Å². The SMILES string of the molecule is NC(=S)c1c(F)cccc1Nc1cccc(Cl)c1. The number of halogens is 2. The maximum atomic E-state index is 13.6. The fraction of sp³-hybridized carbons (Fsp3) is 0. The van der Waals surface area contributed by atoms with E-state index in [2.05, 4.69) is 5.32 Å². The molecule has 0 fully saturated rings. The van der Waals surface area contributed by atoms with E-state index in [0.29, 0.717) is 10.7 Å². The van der Waals surface area contributed by atoms with E-state index in [9.17, 15) is 4.39 Å². The summed E-state index contributed by atoms with van der Waals surface area (Å²) in [5.41, 5.74) is 6.99. The van der Waals surface area contributed by atoms with Gasteiger partial charge in [0.1, 0.15) is 10.8 Å². The molecule has 0 aliphatic carbocycles. The summed E-state index contributed by atoms with van der Waals surface area (Å²) in [5, 5.41) is 3.63. The Morgan fingerprint density at radius 3 is 2.61 bits per heavy atom. The van der Waals surface area contributed by atoms with Gasteiger partial charge < -0.3 is 11.1 Å². The second-order valence-electron chi connectivity index (χ2n) is 3.66. The monoisotopic (exact) mass is 280 g/mol. The van der Waals surface area contributed by atoms with Crippen LogP contribution in [0.2, 0.25) is 5.02 Å². The highest BCUT2D eigenvalue weighted by atomic mass is 35.5. The fourth-order valence-electron chi connectivity index (χ4n) is 1.60. The lowest BCUT2D eigenvalue weighted by Gasteiger charge is -2.12. The van der Waals surface area contributed by atoms with Crippen molar-refractivity contribution in [3.05, 3.63) is 58.9 Å². The van der Waals surface area contributed by atoms with E-state index in [1.165, 1.54) is 6.07 Å². The zero-order valence-electron chi connectivity index (χ0n) is 9.28. The van der Waals surface area contributed by atoms with Gasteiger partial charge in [0.05, 0.1) is 11.3 Å². The van der Waals surface area contributed by atoms with Gasteiger partial charge in [-0.25, -0.2) is 4.39 Å². The van der Waals surface area contributed by atoms with E-state index in [1.807, 2.05) is 6.07 Å². The number of rotatable bonds is 3. The maximum Gasteiger partial charge on any atom is 0.135 e. The molecule has 5 heteroatoms. The van der Waals surface area contributed by atoms with Crippen molar-refractivity contribution in [2.75, 3.05) is 5.32 Å². The summed E-state index contributed by atoms with van der Waals surface area (Å²) in [5.74, 6) is -0.450. The Morgan fingerprint density at radius 1 is 1.22 bits per heavy atom. The average Bonchev–Trinajstić information content (AvgIpc) is 2.28. The number of benzene rings is 2. The molecule has 2 aromatic carbocycles. The molecule has 2 rings (SSSR count). The second kappa shape index (κ2) is 5.33. The van der Waals surface area contributed by atoms with Crippen LogP contribution in [-0.2, 0) is 0 Å². The molecular weight excluding hydrogens is 271 g/mol. The molecule has 0 unspecified atom stereocenters. The van der Waals surface area contributed by atoms with Crippen LogP contribution in [-0.4, -0.2) is 4.99 Å².